The van der Waals surface area contributed by atoms with Crippen LogP contribution in [0.4, 0.5) is 17.3 Å². The molecule has 0 saturated carbocycles. The van der Waals surface area contributed by atoms with Crippen LogP contribution in [-0.4, -0.2) is 36.3 Å². The number of halogens is 1. The van der Waals surface area contributed by atoms with Crippen molar-refractivity contribution < 1.29 is 4.74 Å². The molecule has 0 unspecified atom stereocenters. The molecule has 7 heteroatoms. The maximum absolute atomic E-state index is 5.60. The van der Waals surface area contributed by atoms with Gasteiger partial charge in [0.05, 0.1) is 13.2 Å². The fraction of sp³-hybridized carbons (Fsp3) is 0.286. The van der Waals surface area contributed by atoms with Crippen molar-refractivity contribution in [1.29, 1.82) is 0 Å². The molecule has 6 nitrogen and oxygen atoms in total. The van der Waals surface area contributed by atoms with Crippen LogP contribution in [0.5, 0.6) is 0 Å². The Morgan fingerprint density at radius 1 is 1.00 bits per heavy atom. The number of hydrogen-bond donors (Lipinski definition) is 2. The molecule has 21 heavy (non-hydrogen) atoms. The molecule has 0 amide bonds. The number of nitrogen functional groups attached to an aromatic ring is 2. The first-order chi connectivity index (χ1) is 10.1. The topological polar surface area (TPSA) is 90.3 Å². The SMILES string of the molecule is Nc1cc(Br)ccn1.Nc1cc(N2CCOCC2)ccn1. The van der Waals surface area contributed by atoms with Crippen molar-refractivity contribution >= 4 is 33.3 Å². The second-order valence-electron chi connectivity index (χ2n) is 4.44. The maximum atomic E-state index is 5.60. The van der Waals surface area contributed by atoms with Gasteiger partial charge in [0.25, 0.3) is 0 Å². The Morgan fingerprint density at radius 2 is 1.62 bits per heavy atom. The van der Waals surface area contributed by atoms with Gasteiger partial charge in [-0.05, 0) is 18.2 Å². The van der Waals surface area contributed by atoms with Gasteiger partial charge in [-0.2, -0.15) is 0 Å². The van der Waals surface area contributed by atoms with E-state index in [1.165, 1.54) is 0 Å². The molecule has 2 aromatic heterocycles. The summed E-state index contributed by atoms with van der Waals surface area (Å²) >= 11 is 3.24. The minimum absolute atomic E-state index is 0.541. The molecule has 2 aromatic rings. The fourth-order valence-electron chi connectivity index (χ4n) is 1.88. The zero-order chi connectivity index (χ0) is 15.1. The predicted octanol–water partition coefficient (Wildman–Crippen LogP) is 1.93. The minimum Gasteiger partial charge on any atom is -0.384 e. The Bertz CT molecular complexity index is 558. The van der Waals surface area contributed by atoms with Crippen LogP contribution in [0.1, 0.15) is 0 Å². The molecule has 1 aliphatic rings. The van der Waals surface area contributed by atoms with Crippen LogP contribution in [-0.2, 0) is 4.74 Å². The standard InChI is InChI=1S/C9H13N3O.C5H5BrN2/c10-9-7-8(1-2-11-9)12-3-5-13-6-4-12;6-4-1-2-8-5(7)3-4/h1-2,7H,3-6H2,(H2,10,11);1-3H,(H2,7,8). The van der Waals surface area contributed by atoms with E-state index in [-0.39, 0.29) is 0 Å². The summed E-state index contributed by atoms with van der Waals surface area (Å²) in [5.41, 5.74) is 12.0. The lowest BCUT2D eigenvalue weighted by Gasteiger charge is -2.28. The molecule has 1 saturated heterocycles. The number of pyridine rings is 2. The lowest BCUT2D eigenvalue weighted by Crippen LogP contribution is -2.36. The van der Waals surface area contributed by atoms with Crippen LogP contribution >= 0.6 is 15.9 Å². The van der Waals surface area contributed by atoms with Gasteiger partial charge in [-0.1, -0.05) is 15.9 Å². The highest BCUT2D eigenvalue weighted by Crippen LogP contribution is 2.16. The lowest BCUT2D eigenvalue weighted by atomic mass is 10.3. The number of rotatable bonds is 1. The van der Waals surface area contributed by atoms with Gasteiger partial charge in [-0.25, -0.2) is 9.97 Å². The van der Waals surface area contributed by atoms with E-state index in [4.69, 9.17) is 16.2 Å². The minimum atomic E-state index is 0.541. The first kappa shape index (κ1) is 15.5. The molecule has 0 aromatic carbocycles. The Labute approximate surface area is 132 Å². The first-order valence-electron chi connectivity index (χ1n) is 6.56. The number of ether oxygens (including phenoxy) is 1. The normalized spacial score (nSPS) is 14.2. The summed E-state index contributed by atoms with van der Waals surface area (Å²) in [5.74, 6) is 1.11. The molecule has 0 radical (unpaired) electrons. The summed E-state index contributed by atoms with van der Waals surface area (Å²) in [6.45, 7) is 3.46. The monoisotopic (exact) mass is 351 g/mol. The van der Waals surface area contributed by atoms with Crippen molar-refractivity contribution in [2.24, 2.45) is 0 Å². The molecule has 1 fully saturated rings. The van der Waals surface area contributed by atoms with Crippen LogP contribution < -0.4 is 16.4 Å². The number of anilines is 3. The average Bonchev–Trinajstić information content (AvgIpc) is 2.49. The second-order valence-corrected chi connectivity index (χ2v) is 5.35. The van der Waals surface area contributed by atoms with Crippen molar-refractivity contribution in [3.8, 4) is 0 Å². The van der Waals surface area contributed by atoms with E-state index >= 15 is 0 Å². The van der Waals surface area contributed by atoms with Gasteiger partial charge in [-0.15, -0.1) is 0 Å². The van der Waals surface area contributed by atoms with E-state index in [1.807, 2.05) is 18.2 Å². The van der Waals surface area contributed by atoms with Crippen LogP contribution in [0.2, 0.25) is 0 Å². The third kappa shape index (κ3) is 5.20. The molecule has 4 N–H and O–H groups in total. The molecule has 0 aliphatic carbocycles. The Balaban J connectivity index is 0.000000173. The molecular weight excluding hydrogens is 334 g/mol. The highest BCUT2D eigenvalue weighted by Gasteiger charge is 2.10. The fourth-order valence-corrected chi connectivity index (χ4v) is 2.23. The maximum Gasteiger partial charge on any atom is 0.125 e. The highest BCUT2D eigenvalue weighted by molar-refractivity contribution is 9.10. The van der Waals surface area contributed by atoms with E-state index in [0.717, 1.165) is 36.5 Å². The zero-order valence-corrected chi connectivity index (χ0v) is 13.2. The van der Waals surface area contributed by atoms with E-state index in [2.05, 4.69) is 30.8 Å². The summed E-state index contributed by atoms with van der Waals surface area (Å²) in [7, 11) is 0. The molecular formula is C14H18BrN5O. The largest absolute Gasteiger partial charge is 0.384 e. The van der Waals surface area contributed by atoms with Crippen LogP contribution in [0.15, 0.2) is 41.1 Å². The van der Waals surface area contributed by atoms with Gasteiger partial charge in [0.15, 0.2) is 0 Å². The lowest BCUT2D eigenvalue weighted by molar-refractivity contribution is 0.122. The van der Waals surface area contributed by atoms with Gasteiger partial charge >= 0.3 is 0 Å². The number of nitrogens with two attached hydrogens (primary N) is 2. The van der Waals surface area contributed by atoms with Crippen molar-refractivity contribution in [3.63, 3.8) is 0 Å². The van der Waals surface area contributed by atoms with Crippen LogP contribution in [0.3, 0.4) is 0 Å². The molecule has 0 atom stereocenters. The quantitative estimate of drug-likeness (QED) is 0.815. The summed E-state index contributed by atoms with van der Waals surface area (Å²) in [4.78, 5) is 9.99. The highest BCUT2D eigenvalue weighted by atomic mass is 79.9. The Morgan fingerprint density at radius 3 is 2.14 bits per heavy atom. The summed E-state index contributed by atoms with van der Waals surface area (Å²) in [6.07, 6.45) is 3.39. The predicted molar refractivity (Wildman–Crippen MR) is 88.0 cm³/mol. The number of nitrogens with zero attached hydrogens (tertiary/aromatic N) is 3. The number of hydrogen-bond acceptors (Lipinski definition) is 6. The molecule has 3 heterocycles. The summed E-state index contributed by atoms with van der Waals surface area (Å²) in [6, 6.07) is 7.45. The second kappa shape index (κ2) is 7.80. The van der Waals surface area contributed by atoms with Gasteiger partial charge in [0.2, 0.25) is 0 Å². The Kier molecular flexibility index (Phi) is 5.77. The van der Waals surface area contributed by atoms with E-state index in [0.29, 0.717) is 11.6 Å². The Hall–Kier alpha value is -1.86. The van der Waals surface area contributed by atoms with Crippen molar-refractivity contribution in [3.05, 3.63) is 41.1 Å². The first-order valence-corrected chi connectivity index (χ1v) is 7.36. The van der Waals surface area contributed by atoms with Crippen LogP contribution in [0, 0.1) is 0 Å². The summed E-state index contributed by atoms with van der Waals surface area (Å²) in [5, 5.41) is 0. The molecule has 112 valence electrons. The van der Waals surface area contributed by atoms with Gasteiger partial charge < -0.3 is 21.1 Å². The van der Waals surface area contributed by atoms with Crippen molar-refractivity contribution in [2.45, 2.75) is 0 Å². The van der Waals surface area contributed by atoms with Crippen molar-refractivity contribution in [2.75, 3.05) is 42.7 Å². The van der Waals surface area contributed by atoms with E-state index in [9.17, 15) is 0 Å². The summed E-state index contributed by atoms with van der Waals surface area (Å²) < 4.78 is 6.23. The van der Waals surface area contributed by atoms with Gasteiger partial charge in [0, 0.05) is 41.7 Å². The molecule has 3 rings (SSSR count). The third-order valence-corrected chi connectivity index (χ3v) is 3.38. The van der Waals surface area contributed by atoms with E-state index < -0.39 is 0 Å². The molecule has 0 bridgehead atoms. The average molecular weight is 352 g/mol. The number of aromatic nitrogens is 2. The van der Waals surface area contributed by atoms with E-state index in [1.54, 1.807) is 18.5 Å². The molecule has 0 spiro atoms. The van der Waals surface area contributed by atoms with Crippen LogP contribution in [0.25, 0.3) is 0 Å². The number of morpholine rings is 1. The zero-order valence-electron chi connectivity index (χ0n) is 11.6. The molecule has 1 aliphatic heterocycles. The van der Waals surface area contributed by atoms with Gasteiger partial charge in [-0.3, -0.25) is 0 Å². The van der Waals surface area contributed by atoms with Gasteiger partial charge in [0.1, 0.15) is 11.6 Å². The third-order valence-electron chi connectivity index (χ3n) is 2.88. The van der Waals surface area contributed by atoms with Crippen molar-refractivity contribution in [1.82, 2.24) is 9.97 Å². The smallest absolute Gasteiger partial charge is 0.125 e.